The van der Waals surface area contributed by atoms with Crippen LogP contribution in [0.2, 0.25) is 0 Å². The molecule has 1 heterocycles. The van der Waals surface area contributed by atoms with Gasteiger partial charge in [0, 0.05) is 24.6 Å². The molecule has 1 saturated heterocycles. The molecule has 0 radical (unpaired) electrons. The van der Waals surface area contributed by atoms with E-state index in [0.29, 0.717) is 12.0 Å². The number of nitrogens with one attached hydrogen (secondary N) is 2. The van der Waals surface area contributed by atoms with E-state index in [4.69, 9.17) is 10.5 Å². The van der Waals surface area contributed by atoms with E-state index in [1.807, 2.05) is 0 Å². The smallest absolute Gasteiger partial charge is 0.315 e. The Morgan fingerprint density at radius 1 is 1.18 bits per heavy atom. The highest BCUT2D eigenvalue weighted by molar-refractivity contribution is 5.75. The predicted octanol–water partition coefficient (Wildman–Crippen LogP) is 0.343. The molecule has 4 atom stereocenters. The fourth-order valence-electron chi connectivity index (χ4n) is 3.06. The lowest BCUT2D eigenvalue weighted by Gasteiger charge is -2.52. The summed E-state index contributed by atoms with van der Waals surface area (Å²) in [5, 5.41) is 5.93. The van der Waals surface area contributed by atoms with Crippen molar-refractivity contribution in [2.45, 2.75) is 56.3 Å². The lowest BCUT2D eigenvalue weighted by Crippen LogP contribution is -2.73. The first-order valence-corrected chi connectivity index (χ1v) is 6.70. The van der Waals surface area contributed by atoms with Crippen molar-refractivity contribution in [3.05, 3.63) is 0 Å². The molecule has 96 valence electrons. The highest BCUT2D eigenvalue weighted by Crippen LogP contribution is 2.36. The second-order valence-corrected chi connectivity index (χ2v) is 5.49. The molecule has 0 bridgehead atoms. The summed E-state index contributed by atoms with van der Waals surface area (Å²) in [4.78, 5) is 11.7. The van der Waals surface area contributed by atoms with Gasteiger partial charge in [-0.3, -0.25) is 0 Å². The van der Waals surface area contributed by atoms with Gasteiger partial charge in [-0.15, -0.1) is 0 Å². The number of carbonyl (C=O) groups excluding carboxylic acids is 1. The van der Waals surface area contributed by atoms with Crippen LogP contribution in [0.15, 0.2) is 0 Å². The third-order valence-corrected chi connectivity index (χ3v) is 4.42. The van der Waals surface area contributed by atoms with Crippen molar-refractivity contribution >= 4 is 6.03 Å². The van der Waals surface area contributed by atoms with Gasteiger partial charge in [-0.1, -0.05) is 0 Å². The molecule has 3 fully saturated rings. The highest BCUT2D eigenvalue weighted by Gasteiger charge is 2.51. The first-order valence-electron chi connectivity index (χ1n) is 6.70. The van der Waals surface area contributed by atoms with Gasteiger partial charge in [0.1, 0.15) is 0 Å². The molecule has 17 heavy (non-hydrogen) atoms. The first-order chi connectivity index (χ1) is 8.25. The summed E-state index contributed by atoms with van der Waals surface area (Å²) >= 11 is 0. The summed E-state index contributed by atoms with van der Waals surface area (Å²) in [5.74, 6) is 0.442. The van der Waals surface area contributed by atoms with Crippen molar-refractivity contribution in [3.63, 3.8) is 0 Å². The molecule has 2 saturated carbocycles. The summed E-state index contributed by atoms with van der Waals surface area (Å²) in [5.41, 5.74) is 6.08. The van der Waals surface area contributed by atoms with Crippen LogP contribution in [0.5, 0.6) is 0 Å². The molecule has 2 amide bonds. The molecule has 0 aromatic rings. The number of amides is 2. The number of nitrogens with two attached hydrogens (primary N) is 1. The van der Waals surface area contributed by atoms with Crippen LogP contribution in [-0.4, -0.2) is 36.9 Å². The van der Waals surface area contributed by atoms with Crippen molar-refractivity contribution in [2.75, 3.05) is 6.61 Å². The summed E-state index contributed by atoms with van der Waals surface area (Å²) in [7, 11) is 0. The fourth-order valence-corrected chi connectivity index (χ4v) is 3.06. The van der Waals surface area contributed by atoms with Crippen molar-refractivity contribution in [1.29, 1.82) is 0 Å². The van der Waals surface area contributed by atoms with Crippen LogP contribution in [0.3, 0.4) is 0 Å². The molecule has 3 aliphatic rings. The Kier molecular flexibility index (Phi) is 2.96. The Balaban J connectivity index is 1.49. The molecule has 2 aliphatic carbocycles. The van der Waals surface area contributed by atoms with Crippen molar-refractivity contribution in [2.24, 2.45) is 11.7 Å². The number of urea groups is 1. The minimum Gasteiger partial charge on any atom is -0.376 e. The Hall–Kier alpha value is -0.810. The van der Waals surface area contributed by atoms with E-state index in [-0.39, 0.29) is 24.2 Å². The van der Waals surface area contributed by atoms with Crippen molar-refractivity contribution in [1.82, 2.24) is 10.6 Å². The van der Waals surface area contributed by atoms with Gasteiger partial charge in [-0.25, -0.2) is 4.79 Å². The number of ether oxygens (including phenoxy) is 1. The van der Waals surface area contributed by atoms with Crippen LogP contribution in [0.4, 0.5) is 4.79 Å². The van der Waals surface area contributed by atoms with Gasteiger partial charge in [0.25, 0.3) is 0 Å². The number of fused-ring (bicyclic) bond motifs is 1. The SMILES string of the molecule is NC1C2CCCOC2C1NC(=O)NC1CCC1. The van der Waals surface area contributed by atoms with Gasteiger partial charge in [0.2, 0.25) is 0 Å². The zero-order chi connectivity index (χ0) is 11.8. The summed E-state index contributed by atoms with van der Waals surface area (Å²) in [6.45, 7) is 0.802. The highest BCUT2D eigenvalue weighted by atomic mass is 16.5. The van der Waals surface area contributed by atoms with Crippen LogP contribution in [0.25, 0.3) is 0 Å². The van der Waals surface area contributed by atoms with Crippen molar-refractivity contribution in [3.8, 4) is 0 Å². The van der Waals surface area contributed by atoms with Gasteiger partial charge in [0.05, 0.1) is 12.1 Å². The summed E-state index contributed by atoms with van der Waals surface area (Å²) in [6.07, 6.45) is 5.80. The molecule has 5 heteroatoms. The first kappa shape index (κ1) is 11.3. The molecule has 1 aliphatic heterocycles. The summed E-state index contributed by atoms with van der Waals surface area (Å²) < 4.78 is 5.68. The van der Waals surface area contributed by atoms with Gasteiger partial charge >= 0.3 is 6.03 Å². The van der Waals surface area contributed by atoms with Crippen LogP contribution < -0.4 is 16.4 Å². The number of rotatable bonds is 2. The fraction of sp³-hybridized carbons (Fsp3) is 0.917. The quantitative estimate of drug-likeness (QED) is 0.650. The van der Waals surface area contributed by atoms with Crippen LogP contribution in [0, 0.1) is 5.92 Å². The van der Waals surface area contributed by atoms with E-state index in [1.165, 1.54) is 6.42 Å². The van der Waals surface area contributed by atoms with Gasteiger partial charge in [0.15, 0.2) is 0 Å². The minimum atomic E-state index is -0.0808. The normalized spacial score (nSPS) is 40.8. The molecular formula is C12H21N3O2. The number of carbonyl (C=O) groups is 1. The molecule has 0 aromatic heterocycles. The molecular weight excluding hydrogens is 218 g/mol. The maximum atomic E-state index is 11.7. The second-order valence-electron chi connectivity index (χ2n) is 5.49. The lowest BCUT2D eigenvalue weighted by molar-refractivity contribution is -0.116. The zero-order valence-corrected chi connectivity index (χ0v) is 10.0. The summed E-state index contributed by atoms with van der Waals surface area (Å²) in [6, 6.07) is 0.352. The maximum Gasteiger partial charge on any atom is 0.315 e. The number of hydrogen-bond acceptors (Lipinski definition) is 3. The predicted molar refractivity (Wildman–Crippen MR) is 63.5 cm³/mol. The average Bonchev–Trinajstić information content (AvgIpc) is 2.30. The Bertz CT molecular complexity index is 306. The standard InChI is InChI=1S/C12H21N3O2/c13-9-8-5-2-6-17-11(8)10(9)15-12(16)14-7-3-1-4-7/h7-11H,1-6,13H2,(H2,14,15,16). The van der Waals surface area contributed by atoms with Gasteiger partial charge < -0.3 is 21.1 Å². The molecule has 0 aromatic carbocycles. The molecule has 0 spiro atoms. The number of hydrogen-bond donors (Lipinski definition) is 3. The Morgan fingerprint density at radius 3 is 2.71 bits per heavy atom. The van der Waals surface area contributed by atoms with E-state index in [1.54, 1.807) is 0 Å². The molecule has 3 rings (SSSR count). The maximum absolute atomic E-state index is 11.7. The van der Waals surface area contributed by atoms with Crippen LogP contribution >= 0.6 is 0 Å². The third-order valence-electron chi connectivity index (χ3n) is 4.42. The largest absolute Gasteiger partial charge is 0.376 e. The minimum absolute atomic E-state index is 0.000349. The van der Waals surface area contributed by atoms with Crippen LogP contribution in [-0.2, 0) is 4.74 Å². The van der Waals surface area contributed by atoms with E-state index in [9.17, 15) is 4.79 Å². The second kappa shape index (κ2) is 4.46. The van der Waals surface area contributed by atoms with Gasteiger partial charge in [-0.2, -0.15) is 0 Å². The van der Waals surface area contributed by atoms with Crippen LogP contribution in [0.1, 0.15) is 32.1 Å². The van der Waals surface area contributed by atoms with Crippen molar-refractivity contribution < 1.29 is 9.53 Å². The zero-order valence-electron chi connectivity index (χ0n) is 10.0. The lowest BCUT2D eigenvalue weighted by atomic mass is 9.69. The van der Waals surface area contributed by atoms with E-state index >= 15 is 0 Å². The molecule has 5 nitrogen and oxygen atoms in total. The monoisotopic (exact) mass is 239 g/mol. The van der Waals surface area contributed by atoms with Gasteiger partial charge in [-0.05, 0) is 32.1 Å². The topological polar surface area (TPSA) is 76.4 Å². The van der Waals surface area contributed by atoms with E-state index < -0.39 is 0 Å². The average molecular weight is 239 g/mol. The molecule has 4 unspecified atom stereocenters. The van der Waals surface area contributed by atoms with E-state index in [2.05, 4.69) is 10.6 Å². The Labute approximate surface area is 101 Å². The Morgan fingerprint density at radius 2 is 2.00 bits per heavy atom. The van der Waals surface area contributed by atoms with E-state index in [0.717, 1.165) is 32.3 Å². The third kappa shape index (κ3) is 2.02. The molecule has 4 N–H and O–H groups in total.